The van der Waals surface area contributed by atoms with Crippen molar-refractivity contribution in [1.29, 1.82) is 0 Å². The highest BCUT2D eigenvalue weighted by Crippen LogP contribution is 2.33. The van der Waals surface area contributed by atoms with Gasteiger partial charge in [-0.3, -0.25) is 15.1 Å². The second-order valence-electron chi connectivity index (χ2n) is 4.77. The molecule has 6 heteroatoms. The van der Waals surface area contributed by atoms with E-state index in [4.69, 9.17) is 10.1 Å². The number of benzene rings is 1. The normalized spacial score (nSPS) is 11.6. The molecule has 0 aliphatic rings. The molecule has 1 unspecified atom stereocenters. The SMILES string of the molecule is C[N+](=O)[O-].Cc1cncc2sc(C(O)c3ccccc3)cc12. The van der Waals surface area contributed by atoms with Crippen molar-refractivity contribution >= 4 is 21.4 Å². The number of thiophene rings is 1. The van der Waals surface area contributed by atoms with Crippen molar-refractivity contribution in [3.05, 3.63) is 74.9 Å². The topological polar surface area (TPSA) is 76.3 Å². The summed E-state index contributed by atoms with van der Waals surface area (Å²) in [5.74, 6) is 0. The third kappa shape index (κ3) is 3.87. The van der Waals surface area contributed by atoms with Crippen molar-refractivity contribution in [2.45, 2.75) is 13.0 Å². The average Bonchev–Trinajstić information content (AvgIpc) is 2.92. The average molecular weight is 316 g/mol. The Morgan fingerprint density at radius 2 is 1.91 bits per heavy atom. The molecule has 114 valence electrons. The van der Waals surface area contributed by atoms with E-state index in [0.717, 1.165) is 27.8 Å². The molecule has 3 rings (SSSR count). The Morgan fingerprint density at radius 1 is 1.27 bits per heavy atom. The van der Waals surface area contributed by atoms with Crippen molar-refractivity contribution in [2.75, 3.05) is 7.05 Å². The summed E-state index contributed by atoms with van der Waals surface area (Å²) < 4.78 is 1.12. The predicted molar refractivity (Wildman–Crippen MR) is 87.8 cm³/mol. The van der Waals surface area contributed by atoms with Crippen LogP contribution in [0.5, 0.6) is 0 Å². The second-order valence-corrected chi connectivity index (χ2v) is 5.89. The number of aryl methyl sites for hydroxylation is 1. The van der Waals surface area contributed by atoms with Crippen molar-refractivity contribution in [2.24, 2.45) is 0 Å². The smallest absolute Gasteiger partial charge is 0.194 e. The molecule has 2 heterocycles. The van der Waals surface area contributed by atoms with E-state index in [2.05, 4.69) is 11.1 Å². The monoisotopic (exact) mass is 316 g/mol. The molecule has 3 aromatic rings. The summed E-state index contributed by atoms with van der Waals surface area (Å²) in [4.78, 5) is 13.5. The maximum atomic E-state index is 10.4. The largest absolute Gasteiger partial charge is 0.383 e. The van der Waals surface area contributed by atoms with Crippen LogP contribution in [-0.2, 0) is 0 Å². The molecule has 2 aromatic heterocycles. The van der Waals surface area contributed by atoms with Gasteiger partial charge in [0.05, 0.1) is 4.70 Å². The number of hydrogen-bond acceptors (Lipinski definition) is 5. The van der Waals surface area contributed by atoms with E-state index in [-0.39, 0.29) is 0 Å². The fourth-order valence-electron chi connectivity index (χ4n) is 2.05. The molecule has 0 aliphatic carbocycles. The van der Waals surface area contributed by atoms with E-state index in [1.165, 1.54) is 5.39 Å². The molecule has 0 spiro atoms. The van der Waals surface area contributed by atoms with E-state index in [9.17, 15) is 5.11 Å². The number of pyridine rings is 1. The number of fused-ring (bicyclic) bond motifs is 1. The second kappa shape index (κ2) is 7.11. The highest BCUT2D eigenvalue weighted by molar-refractivity contribution is 7.19. The molecular formula is C16H16N2O3S. The lowest BCUT2D eigenvalue weighted by Gasteiger charge is -2.07. The molecule has 0 radical (unpaired) electrons. The number of rotatable bonds is 2. The van der Waals surface area contributed by atoms with Crippen molar-refractivity contribution < 1.29 is 10.0 Å². The highest BCUT2D eigenvalue weighted by Gasteiger charge is 2.14. The van der Waals surface area contributed by atoms with Gasteiger partial charge in [0.1, 0.15) is 6.10 Å². The molecule has 22 heavy (non-hydrogen) atoms. The van der Waals surface area contributed by atoms with Crippen molar-refractivity contribution in [1.82, 2.24) is 4.98 Å². The first-order valence-electron chi connectivity index (χ1n) is 6.64. The number of nitrogens with zero attached hydrogens (tertiary/aromatic N) is 2. The Kier molecular flexibility index (Phi) is 5.19. The number of nitro groups is 1. The summed E-state index contributed by atoms with van der Waals surface area (Å²) >= 11 is 1.60. The molecular weight excluding hydrogens is 300 g/mol. The zero-order valence-corrected chi connectivity index (χ0v) is 13.1. The van der Waals surface area contributed by atoms with Gasteiger partial charge in [-0.15, -0.1) is 11.3 Å². The lowest BCUT2D eigenvalue weighted by atomic mass is 10.1. The van der Waals surface area contributed by atoms with Gasteiger partial charge >= 0.3 is 0 Å². The molecule has 0 saturated heterocycles. The fourth-order valence-corrected chi connectivity index (χ4v) is 3.17. The maximum Gasteiger partial charge on any atom is 0.194 e. The Balaban J connectivity index is 0.000000396. The number of aromatic nitrogens is 1. The van der Waals surface area contributed by atoms with Crippen LogP contribution >= 0.6 is 11.3 Å². The molecule has 0 aliphatic heterocycles. The van der Waals surface area contributed by atoms with E-state index in [1.807, 2.05) is 49.6 Å². The van der Waals surface area contributed by atoms with Crippen LogP contribution in [0.2, 0.25) is 0 Å². The van der Waals surface area contributed by atoms with Gasteiger partial charge in [0.15, 0.2) is 7.05 Å². The van der Waals surface area contributed by atoms with Crippen LogP contribution in [-0.4, -0.2) is 22.1 Å². The summed E-state index contributed by atoms with van der Waals surface area (Å²) in [5.41, 5.74) is 2.07. The summed E-state index contributed by atoms with van der Waals surface area (Å²) in [5, 5.41) is 20.4. The third-order valence-corrected chi connectivity index (χ3v) is 4.17. The number of hydrogen-bond donors (Lipinski definition) is 1. The summed E-state index contributed by atoms with van der Waals surface area (Å²) in [6.07, 6.45) is 3.16. The summed E-state index contributed by atoms with van der Waals surface area (Å²) in [6, 6.07) is 11.8. The van der Waals surface area contributed by atoms with Crippen LogP contribution in [0.1, 0.15) is 22.1 Å². The Hall–Kier alpha value is -2.31. The fraction of sp³-hybridized carbons (Fsp3) is 0.188. The molecule has 0 saturated carbocycles. The minimum Gasteiger partial charge on any atom is -0.383 e. The Morgan fingerprint density at radius 3 is 2.50 bits per heavy atom. The summed E-state index contributed by atoms with van der Waals surface area (Å²) in [7, 11) is 0.889. The van der Waals surface area contributed by atoms with Crippen LogP contribution < -0.4 is 0 Å². The van der Waals surface area contributed by atoms with Crippen LogP contribution in [0.15, 0.2) is 48.8 Å². The molecule has 0 amide bonds. The predicted octanol–water partition coefficient (Wildman–Crippen LogP) is 3.58. The Bertz CT molecular complexity index is 767. The van der Waals surface area contributed by atoms with Gasteiger partial charge in [0, 0.05) is 22.2 Å². The zero-order valence-electron chi connectivity index (χ0n) is 12.3. The summed E-state index contributed by atoms with van der Waals surface area (Å²) in [6.45, 7) is 2.04. The van der Waals surface area contributed by atoms with E-state index >= 15 is 0 Å². The number of aliphatic hydroxyl groups is 1. The van der Waals surface area contributed by atoms with Crippen LogP contribution in [0.25, 0.3) is 10.1 Å². The lowest BCUT2D eigenvalue weighted by molar-refractivity contribution is -0.445. The first kappa shape index (κ1) is 16.1. The molecule has 1 aromatic carbocycles. The highest BCUT2D eigenvalue weighted by atomic mass is 32.1. The van der Waals surface area contributed by atoms with E-state index in [0.29, 0.717) is 0 Å². The number of aliphatic hydroxyl groups excluding tert-OH is 1. The van der Waals surface area contributed by atoms with Gasteiger partial charge in [-0.25, -0.2) is 0 Å². The molecule has 1 N–H and O–H groups in total. The van der Waals surface area contributed by atoms with Gasteiger partial charge in [-0.2, -0.15) is 0 Å². The first-order chi connectivity index (χ1) is 10.5. The standard InChI is InChI=1S/C15H13NOS.CH3NO2/c1-10-8-16-9-14-12(10)7-13(18-14)15(17)11-5-3-2-4-6-11;1-2(3)4/h2-9,15,17H,1H3;1H3. The van der Waals surface area contributed by atoms with Crippen LogP contribution in [0.4, 0.5) is 0 Å². The quantitative estimate of drug-likeness (QED) is 0.579. The van der Waals surface area contributed by atoms with E-state index in [1.54, 1.807) is 11.3 Å². The van der Waals surface area contributed by atoms with Crippen LogP contribution in [0, 0.1) is 17.0 Å². The Labute approximate surface area is 132 Å². The maximum absolute atomic E-state index is 10.4. The minimum absolute atomic E-state index is 0.500. The first-order valence-corrected chi connectivity index (χ1v) is 7.45. The minimum atomic E-state index is -0.553. The molecule has 0 fully saturated rings. The van der Waals surface area contributed by atoms with Crippen molar-refractivity contribution in [3.63, 3.8) is 0 Å². The van der Waals surface area contributed by atoms with Gasteiger partial charge in [0.2, 0.25) is 0 Å². The molecule has 0 bridgehead atoms. The third-order valence-electron chi connectivity index (χ3n) is 3.05. The lowest BCUT2D eigenvalue weighted by Crippen LogP contribution is -1.95. The zero-order chi connectivity index (χ0) is 16.1. The van der Waals surface area contributed by atoms with Crippen LogP contribution in [0.3, 0.4) is 0 Å². The molecule has 1 atom stereocenters. The van der Waals surface area contributed by atoms with Crippen molar-refractivity contribution in [3.8, 4) is 0 Å². The van der Waals surface area contributed by atoms with Gasteiger partial charge in [-0.05, 0) is 29.5 Å². The van der Waals surface area contributed by atoms with Gasteiger partial charge in [-0.1, -0.05) is 30.3 Å². The molecule has 5 nitrogen and oxygen atoms in total. The van der Waals surface area contributed by atoms with E-state index < -0.39 is 11.0 Å². The van der Waals surface area contributed by atoms with Gasteiger partial charge in [0.25, 0.3) is 0 Å². The van der Waals surface area contributed by atoms with Gasteiger partial charge < -0.3 is 5.11 Å².